The maximum absolute atomic E-state index is 7.05. The number of rotatable bonds is 2. The molecule has 0 saturated heterocycles. The molecule has 9 aromatic carbocycles. The molecule has 2 aliphatic rings. The second-order valence-corrected chi connectivity index (χ2v) is 16.2. The average Bonchev–Trinajstić information content (AvgIpc) is 3.82. The normalized spacial score (nSPS) is 13.3. The second kappa shape index (κ2) is 11.4. The number of hydrogen-bond acceptors (Lipinski definition) is 4. The third-order valence-corrected chi connectivity index (χ3v) is 12.9. The SMILES string of the molecule is Cc1cc(C)c(B2c3ccc4c(oc5ccccc54)c3N3c4cc5ccccc5cc4N(c4cccc5c4oc4ccccc45)c4cc5ccccc5c2c43)c(C)c1. The molecule has 0 fully saturated rings. The Kier molecular flexibility index (Phi) is 6.29. The van der Waals surface area contributed by atoms with Crippen molar-refractivity contribution in [3.8, 4) is 0 Å². The highest BCUT2D eigenvalue weighted by Gasteiger charge is 2.45. The predicted octanol–water partition coefficient (Wildman–Crippen LogP) is 12.8. The van der Waals surface area contributed by atoms with Gasteiger partial charge in [-0.15, -0.1) is 0 Å². The Morgan fingerprint density at radius 2 is 0.948 bits per heavy atom. The number of nitrogens with zero attached hydrogens (tertiary/aromatic N) is 2. The summed E-state index contributed by atoms with van der Waals surface area (Å²) in [6, 6.07) is 57.6. The molecular formula is C53H35BN2O2. The van der Waals surface area contributed by atoms with Gasteiger partial charge >= 0.3 is 0 Å². The summed E-state index contributed by atoms with van der Waals surface area (Å²) in [5.41, 5.74) is 17.8. The standard InChI is InChI=1S/C53H35BN2O2/c1-30-25-31(2)48(32(3)26-30)54-41-24-23-40-38-18-9-11-22-47(38)58-53(40)50(41)56-44-28-34-14-5-4-13-33(34)27-43(44)55(45-29-35-15-6-7-16-36(35)49(54)51(45)56)42-20-12-19-39-37-17-8-10-21-46(37)57-52(39)42/h4-29H,1-3H3. The lowest BCUT2D eigenvalue weighted by Gasteiger charge is -2.46. The van der Waals surface area contributed by atoms with Crippen LogP contribution in [0.2, 0.25) is 0 Å². The average molecular weight is 743 g/mol. The zero-order chi connectivity index (χ0) is 38.4. The molecule has 2 aliphatic heterocycles. The molecule has 0 atom stereocenters. The van der Waals surface area contributed by atoms with Crippen LogP contribution in [0.25, 0.3) is 65.4 Å². The molecule has 4 heterocycles. The van der Waals surface area contributed by atoms with E-state index in [2.05, 4.69) is 188 Å². The Hall–Kier alpha value is -7.24. The lowest BCUT2D eigenvalue weighted by atomic mass is 9.33. The van der Waals surface area contributed by atoms with Gasteiger partial charge in [-0.1, -0.05) is 143 Å². The van der Waals surface area contributed by atoms with Crippen LogP contribution in [-0.2, 0) is 0 Å². The smallest absolute Gasteiger partial charge is 0.248 e. The molecule has 0 radical (unpaired) electrons. The molecule has 0 unspecified atom stereocenters. The summed E-state index contributed by atoms with van der Waals surface area (Å²) in [4.78, 5) is 5.02. The van der Waals surface area contributed by atoms with Gasteiger partial charge in [0.2, 0.25) is 6.71 Å². The highest BCUT2D eigenvalue weighted by atomic mass is 16.3. The molecule has 58 heavy (non-hydrogen) atoms. The lowest BCUT2D eigenvalue weighted by Crippen LogP contribution is -2.59. The van der Waals surface area contributed by atoms with E-state index < -0.39 is 0 Å². The van der Waals surface area contributed by atoms with E-state index in [9.17, 15) is 0 Å². The van der Waals surface area contributed by atoms with Crippen molar-refractivity contribution in [3.63, 3.8) is 0 Å². The zero-order valence-corrected chi connectivity index (χ0v) is 32.3. The fraction of sp³-hybridized carbons (Fsp3) is 0.0566. The molecule has 0 bridgehead atoms. The van der Waals surface area contributed by atoms with Gasteiger partial charge in [0.05, 0.1) is 34.1 Å². The van der Waals surface area contributed by atoms with E-state index in [1.807, 2.05) is 0 Å². The fourth-order valence-corrected chi connectivity index (χ4v) is 10.6. The molecule has 13 rings (SSSR count). The second-order valence-electron chi connectivity index (χ2n) is 16.2. The molecule has 272 valence electrons. The van der Waals surface area contributed by atoms with E-state index in [0.717, 1.165) is 72.3 Å². The first kappa shape index (κ1) is 31.9. The number of aryl methyl sites for hydroxylation is 3. The van der Waals surface area contributed by atoms with Gasteiger partial charge in [0.15, 0.2) is 11.2 Å². The highest BCUT2D eigenvalue weighted by Crippen LogP contribution is 2.58. The Balaban J connectivity index is 1.25. The van der Waals surface area contributed by atoms with E-state index in [-0.39, 0.29) is 6.71 Å². The van der Waals surface area contributed by atoms with E-state index in [4.69, 9.17) is 8.83 Å². The number of benzene rings is 9. The first-order valence-corrected chi connectivity index (χ1v) is 20.1. The molecule has 5 heteroatoms. The van der Waals surface area contributed by atoms with Crippen molar-refractivity contribution in [1.29, 1.82) is 0 Å². The van der Waals surface area contributed by atoms with Crippen molar-refractivity contribution in [2.24, 2.45) is 0 Å². The van der Waals surface area contributed by atoms with Crippen LogP contribution in [-0.4, -0.2) is 6.71 Å². The molecule has 0 saturated carbocycles. The minimum atomic E-state index is -0.0739. The van der Waals surface area contributed by atoms with Crippen LogP contribution in [0.3, 0.4) is 0 Å². The molecule has 0 aliphatic carbocycles. The van der Waals surface area contributed by atoms with Crippen LogP contribution < -0.4 is 26.2 Å². The minimum absolute atomic E-state index is 0.0739. The minimum Gasteiger partial charge on any atom is -0.454 e. The number of fused-ring (bicyclic) bond motifs is 14. The molecule has 0 N–H and O–H groups in total. The number of furan rings is 2. The van der Waals surface area contributed by atoms with Crippen LogP contribution >= 0.6 is 0 Å². The van der Waals surface area contributed by atoms with Crippen LogP contribution in [0, 0.1) is 20.8 Å². The van der Waals surface area contributed by atoms with Crippen molar-refractivity contribution in [1.82, 2.24) is 0 Å². The molecule has 4 nitrogen and oxygen atoms in total. The summed E-state index contributed by atoms with van der Waals surface area (Å²) in [6.45, 7) is 6.70. The first-order valence-electron chi connectivity index (χ1n) is 20.1. The fourth-order valence-electron chi connectivity index (χ4n) is 10.6. The van der Waals surface area contributed by atoms with Crippen LogP contribution in [0.5, 0.6) is 0 Å². The van der Waals surface area contributed by atoms with Gasteiger partial charge in [0.25, 0.3) is 0 Å². The quantitative estimate of drug-likeness (QED) is 0.165. The van der Waals surface area contributed by atoms with Gasteiger partial charge in [0.1, 0.15) is 11.2 Å². The van der Waals surface area contributed by atoms with Crippen LogP contribution in [0.1, 0.15) is 16.7 Å². The van der Waals surface area contributed by atoms with Gasteiger partial charge in [-0.25, -0.2) is 0 Å². The number of para-hydroxylation sites is 3. The van der Waals surface area contributed by atoms with Crippen molar-refractivity contribution in [3.05, 3.63) is 174 Å². The predicted molar refractivity (Wildman–Crippen MR) is 244 cm³/mol. The van der Waals surface area contributed by atoms with Crippen molar-refractivity contribution in [2.45, 2.75) is 20.8 Å². The summed E-state index contributed by atoms with van der Waals surface area (Å²) >= 11 is 0. The number of anilines is 6. The third-order valence-electron chi connectivity index (χ3n) is 12.9. The van der Waals surface area contributed by atoms with Crippen LogP contribution in [0.15, 0.2) is 167 Å². The molecule has 11 aromatic rings. The molecule has 0 amide bonds. The van der Waals surface area contributed by atoms with Crippen LogP contribution in [0.4, 0.5) is 34.1 Å². The van der Waals surface area contributed by atoms with Crippen molar-refractivity contribution in [2.75, 3.05) is 9.80 Å². The van der Waals surface area contributed by atoms with Gasteiger partial charge in [-0.2, -0.15) is 0 Å². The van der Waals surface area contributed by atoms with E-state index in [1.54, 1.807) is 0 Å². The Morgan fingerprint density at radius 3 is 1.66 bits per heavy atom. The highest BCUT2D eigenvalue weighted by molar-refractivity contribution is 7.00. The summed E-state index contributed by atoms with van der Waals surface area (Å²) in [6.07, 6.45) is 0. The summed E-state index contributed by atoms with van der Waals surface area (Å²) in [7, 11) is 0. The maximum atomic E-state index is 7.05. The van der Waals surface area contributed by atoms with Crippen molar-refractivity contribution < 1.29 is 8.83 Å². The Labute approximate surface area is 335 Å². The first-order chi connectivity index (χ1) is 28.5. The van der Waals surface area contributed by atoms with E-state index >= 15 is 0 Å². The maximum Gasteiger partial charge on any atom is 0.248 e. The third kappa shape index (κ3) is 4.15. The molecular weight excluding hydrogens is 707 g/mol. The Morgan fingerprint density at radius 1 is 0.397 bits per heavy atom. The lowest BCUT2D eigenvalue weighted by molar-refractivity contribution is 0.668. The topological polar surface area (TPSA) is 32.8 Å². The van der Waals surface area contributed by atoms with Gasteiger partial charge in [-0.05, 0) is 89.6 Å². The largest absolute Gasteiger partial charge is 0.454 e. The zero-order valence-electron chi connectivity index (χ0n) is 32.3. The summed E-state index contributed by atoms with van der Waals surface area (Å²) in [5, 5.41) is 9.26. The molecule has 2 aromatic heterocycles. The Bertz CT molecular complexity index is 3570. The van der Waals surface area contributed by atoms with E-state index in [0.29, 0.717) is 0 Å². The summed E-state index contributed by atoms with van der Waals surface area (Å²) < 4.78 is 13.9. The van der Waals surface area contributed by atoms with Gasteiger partial charge in [-0.3, -0.25) is 0 Å². The molecule has 0 spiro atoms. The number of hydrogen-bond donors (Lipinski definition) is 0. The van der Waals surface area contributed by atoms with Gasteiger partial charge in [0, 0.05) is 21.5 Å². The van der Waals surface area contributed by atoms with E-state index in [1.165, 1.54) is 60.3 Å². The monoisotopic (exact) mass is 742 g/mol. The summed E-state index contributed by atoms with van der Waals surface area (Å²) in [5.74, 6) is 0. The van der Waals surface area contributed by atoms with Crippen molar-refractivity contribution >= 4 is 123 Å². The van der Waals surface area contributed by atoms with Gasteiger partial charge < -0.3 is 18.6 Å².